The van der Waals surface area contributed by atoms with Crippen LogP contribution in [0.5, 0.6) is 0 Å². The van der Waals surface area contributed by atoms with Crippen LogP contribution in [-0.4, -0.2) is 20.2 Å². The van der Waals surface area contributed by atoms with E-state index in [2.05, 4.69) is 20.2 Å². The first-order valence-electron chi connectivity index (χ1n) is 2.60. The molecule has 1 aromatic heterocycles. The number of nitrogens with one attached hydrogen (secondary N) is 1. The molecule has 1 heterocycles. The van der Waals surface area contributed by atoms with Crippen molar-refractivity contribution < 1.29 is 0 Å². The lowest BCUT2D eigenvalue weighted by Gasteiger charge is -1.72. The Morgan fingerprint density at radius 2 is 2.10 bits per heavy atom. The zero-order valence-corrected chi connectivity index (χ0v) is 7.19. The van der Waals surface area contributed by atoms with E-state index in [1.807, 2.05) is 22.6 Å². The molecule has 0 saturated heterocycles. The second-order valence-corrected chi connectivity index (χ2v) is 2.38. The fourth-order valence-corrected chi connectivity index (χ4v) is 0.666. The maximum absolute atomic E-state index is 3.90. The molecule has 0 spiro atoms. The summed E-state index contributed by atoms with van der Waals surface area (Å²) in [5.41, 5.74) is 0. The second-order valence-electron chi connectivity index (χ2n) is 1.41. The summed E-state index contributed by atoms with van der Waals surface area (Å²) < 4.78 is 0.613. The van der Waals surface area contributed by atoms with Gasteiger partial charge in [0.25, 0.3) is 0 Å². The standard InChI is InChI=1S/C5H5IN4/c6-5-8-3-1-7-2-4-9-10-5/h1-4,7H. The van der Waals surface area contributed by atoms with Crippen LogP contribution >= 0.6 is 22.6 Å². The Labute approximate surface area is 71.6 Å². The maximum Gasteiger partial charge on any atom is 0.212 e. The van der Waals surface area contributed by atoms with Gasteiger partial charge in [0, 0.05) is 41.2 Å². The predicted molar refractivity (Wildman–Crippen MR) is 44.5 cm³/mol. The monoisotopic (exact) mass is 248 g/mol. The molecule has 0 saturated carbocycles. The lowest BCUT2D eigenvalue weighted by atomic mass is 10.9. The van der Waals surface area contributed by atoms with Crippen molar-refractivity contribution in [2.75, 3.05) is 0 Å². The molecule has 1 aromatic rings. The minimum atomic E-state index is 0.613. The van der Waals surface area contributed by atoms with Gasteiger partial charge in [-0.15, -0.1) is 5.10 Å². The van der Waals surface area contributed by atoms with Gasteiger partial charge in [-0.2, -0.15) is 5.10 Å². The minimum Gasteiger partial charge on any atom is -0.365 e. The van der Waals surface area contributed by atoms with Crippen molar-refractivity contribution in [1.29, 1.82) is 0 Å². The number of hydrogen-bond donors (Lipinski definition) is 1. The summed E-state index contributed by atoms with van der Waals surface area (Å²) in [4.78, 5) is 6.73. The first-order chi connectivity index (χ1) is 4.89. The third-order valence-corrected chi connectivity index (χ3v) is 1.22. The molecule has 0 aromatic carbocycles. The van der Waals surface area contributed by atoms with E-state index in [1.54, 1.807) is 24.8 Å². The molecule has 0 radical (unpaired) electrons. The van der Waals surface area contributed by atoms with Crippen LogP contribution in [0.1, 0.15) is 0 Å². The van der Waals surface area contributed by atoms with Crippen molar-refractivity contribution in [3.05, 3.63) is 28.6 Å². The SMILES string of the molecule is Ic1ncc[nH]ccnn1. The summed E-state index contributed by atoms with van der Waals surface area (Å²) in [6, 6.07) is 0. The highest BCUT2D eigenvalue weighted by atomic mass is 127. The Morgan fingerprint density at radius 1 is 1.30 bits per heavy atom. The van der Waals surface area contributed by atoms with Crippen molar-refractivity contribution in [1.82, 2.24) is 20.2 Å². The van der Waals surface area contributed by atoms with Gasteiger partial charge >= 0.3 is 0 Å². The van der Waals surface area contributed by atoms with Gasteiger partial charge in [0.15, 0.2) is 0 Å². The molecule has 5 heteroatoms. The van der Waals surface area contributed by atoms with Crippen molar-refractivity contribution in [2.45, 2.75) is 0 Å². The van der Waals surface area contributed by atoms with E-state index in [4.69, 9.17) is 0 Å². The summed E-state index contributed by atoms with van der Waals surface area (Å²) in [5, 5.41) is 7.40. The Morgan fingerprint density at radius 3 is 3.00 bits per heavy atom. The van der Waals surface area contributed by atoms with E-state index in [0.717, 1.165) is 0 Å². The summed E-state index contributed by atoms with van der Waals surface area (Å²) in [7, 11) is 0. The number of halogens is 1. The molecule has 0 aliphatic heterocycles. The number of H-pyrrole nitrogens is 1. The molecule has 0 unspecified atom stereocenters. The van der Waals surface area contributed by atoms with E-state index in [-0.39, 0.29) is 0 Å². The van der Waals surface area contributed by atoms with Gasteiger partial charge in [0.2, 0.25) is 3.83 Å². The van der Waals surface area contributed by atoms with Crippen LogP contribution < -0.4 is 0 Å². The molecule has 0 amide bonds. The lowest BCUT2D eigenvalue weighted by Crippen LogP contribution is -1.79. The third kappa shape index (κ3) is 2.72. The molecule has 52 valence electrons. The van der Waals surface area contributed by atoms with Crippen LogP contribution in [0, 0.1) is 3.83 Å². The molecular formula is C5H5IN4. The second kappa shape index (κ2) is 4.15. The minimum absolute atomic E-state index is 0.613. The Balaban J connectivity index is 3.13. The first kappa shape index (κ1) is 7.39. The quantitative estimate of drug-likeness (QED) is 0.695. The molecule has 0 bridgehead atoms. The fourth-order valence-electron chi connectivity index (χ4n) is 0.381. The van der Waals surface area contributed by atoms with Gasteiger partial charge in [-0.05, 0) is 0 Å². The molecule has 4 nitrogen and oxygen atoms in total. The summed E-state index contributed by atoms with van der Waals surface area (Å²) in [6.07, 6.45) is 6.55. The highest BCUT2D eigenvalue weighted by Gasteiger charge is 1.76. The van der Waals surface area contributed by atoms with E-state index in [1.165, 1.54) is 0 Å². The van der Waals surface area contributed by atoms with E-state index in [9.17, 15) is 0 Å². The highest BCUT2D eigenvalue weighted by Crippen LogP contribution is 1.85. The van der Waals surface area contributed by atoms with Gasteiger partial charge in [-0.25, -0.2) is 4.98 Å². The van der Waals surface area contributed by atoms with Crippen molar-refractivity contribution >= 4 is 22.6 Å². The zero-order valence-electron chi connectivity index (χ0n) is 5.03. The van der Waals surface area contributed by atoms with Crippen LogP contribution in [0.2, 0.25) is 0 Å². The Bertz CT molecular complexity index is 221. The van der Waals surface area contributed by atoms with Gasteiger partial charge in [0.1, 0.15) is 0 Å². The smallest absolute Gasteiger partial charge is 0.212 e. The summed E-state index contributed by atoms with van der Waals surface area (Å²) in [6.45, 7) is 0. The third-order valence-electron chi connectivity index (χ3n) is 0.730. The molecule has 0 fully saturated rings. The van der Waals surface area contributed by atoms with Crippen LogP contribution in [0.3, 0.4) is 0 Å². The average molecular weight is 248 g/mol. The average Bonchev–Trinajstić information content (AvgIpc) is 2.02. The first-order valence-corrected chi connectivity index (χ1v) is 3.68. The summed E-state index contributed by atoms with van der Waals surface area (Å²) in [5.74, 6) is 0. The molecule has 0 aliphatic carbocycles. The van der Waals surface area contributed by atoms with Crippen LogP contribution in [0.25, 0.3) is 0 Å². The lowest BCUT2D eigenvalue weighted by molar-refractivity contribution is 0.970. The van der Waals surface area contributed by atoms with Crippen molar-refractivity contribution in [3.8, 4) is 0 Å². The summed E-state index contributed by atoms with van der Waals surface area (Å²) >= 11 is 1.99. The Kier molecular flexibility index (Phi) is 3.07. The van der Waals surface area contributed by atoms with Gasteiger partial charge in [0.05, 0.1) is 6.20 Å². The normalized spacial score (nSPS) is 8.50. The van der Waals surface area contributed by atoms with Gasteiger partial charge in [-0.3, -0.25) is 0 Å². The number of hydrogen-bond acceptors (Lipinski definition) is 3. The maximum atomic E-state index is 3.90. The number of aromatic amines is 1. The van der Waals surface area contributed by atoms with Crippen LogP contribution in [0.4, 0.5) is 0 Å². The Hall–Kier alpha value is -0.720. The number of aromatic nitrogens is 4. The van der Waals surface area contributed by atoms with E-state index < -0.39 is 0 Å². The molecule has 1 N–H and O–H groups in total. The van der Waals surface area contributed by atoms with Gasteiger partial charge in [-0.1, -0.05) is 0 Å². The topological polar surface area (TPSA) is 54.5 Å². The molecule has 1 rings (SSSR count). The predicted octanol–water partition coefficient (Wildman–Crippen LogP) is 0.929. The number of rotatable bonds is 0. The fraction of sp³-hybridized carbons (Fsp3) is 0. The van der Waals surface area contributed by atoms with E-state index >= 15 is 0 Å². The molecular weight excluding hydrogens is 243 g/mol. The molecule has 10 heavy (non-hydrogen) atoms. The van der Waals surface area contributed by atoms with Crippen molar-refractivity contribution in [3.63, 3.8) is 0 Å². The molecule has 0 aliphatic rings. The zero-order chi connectivity index (χ0) is 7.23. The van der Waals surface area contributed by atoms with Crippen molar-refractivity contribution in [2.24, 2.45) is 0 Å². The molecule has 0 atom stereocenters. The van der Waals surface area contributed by atoms with Crippen LogP contribution in [0.15, 0.2) is 24.8 Å². The number of nitrogens with zero attached hydrogens (tertiary/aromatic N) is 3. The van der Waals surface area contributed by atoms with Gasteiger partial charge < -0.3 is 4.98 Å². The van der Waals surface area contributed by atoms with Crippen LogP contribution in [-0.2, 0) is 0 Å². The highest BCUT2D eigenvalue weighted by molar-refractivity contribution is 14.1. The largest absolute Gasteiger partial charge is 0.365 e. The van der Waals surface area contributed by atoms with E-state index in [0.29, 0.717) is 3.83 Å².